The summed E-state index contributed by atoms with van der Waals surface area (Å²) in [7, 11) is 0. The average molecular weight is 520 g/mol. The smallest absolute Gasteiger partial charge is 0.347 e. The van der Waals surface area contributed by atoms with E-state index >= 15 is 0 Å². The van der Waals surface area contributed by atoms with Gasteiger partial charge in [-0.25, -0.2) is 9.78 Å². The number of hydrogen-bond donors (Lipinski definition) is 1. The van der Waals surface area contributed by atoms with Gasteiger partial charge in [-0.15, -0.1) is 0 Å². The van der Waals surface area contributed by atoms with Gasteiger partial charge in [-0.2, -0.15) is 0 Å². The zero-order chi connectivity index (χ0) is 27.2. The van der Waals surface area contributed by atoms with E-state index in [2.05, 4.69) is 24.3 Å². The summed E-state index contributed by atoms with van der Waals surface area (Å²) >= 11 is 0. The third-order valence-electron chi connectivity index (χ3n) is 6.29. The number of aliphatic carboxylic acids is 1. The predicted octanol–water partition coefficient (Wildman–Crippen LogP) is 7.54. The largest absolute Gasteiger partial charge is 0.493 e. The number of hydrogen-bond acceptors (Lipinski definition) is 5. The maximum Gasteiger partial charge on any atom is 0.347 e. The lowest BCUT2D eigenvalue weighted by Gasteiger charge is -2.21. The van der Waals surface area contributed by atoms with Crippen molar-refractivity contribution in [2.75, 3.05) is 6.61 Å². The van der Waals surface area contributed by atoms with Gasteiger partial charge in [-0.1, -0.05) is 72.8 Å². The molecule has 0 fully saturated rings. The van der Waals surface area contributed by atoms with Crippen LogP contribution in [-0.2, 0) is 11.2 Å². The number of carboxylic acid groups (broad SMARTS) is 1. The Hall–Kier alpha value is -4.84. The van der Waals surface area contributed by atoms with Crippen molar-refractivity contribution in [3.8, 4) is 45.4 Å². The van der Waals surface area contributed by atoms with Crippen molar-refractivity contribution in [1.29, 1.82) is 0 Å². The number of carboxylic acids is 1. The number of oxazole rings is 1. The molecule has 1 heterocycles. The lowest BCUT2D eigenvalue weighted by Crippen LogP contribution is -2.37. The standard InChI is InChI=1S/C33H29NO5/c1-33(2,32(35)36)39-28-19-17-27(18-20-28)37-22-21-29-30(25-11-7-4-8-12-25)38-31(34-29)26-15-13-24(14-16-26)23-9-5-3-6-10-23/h3-20H,21-22H2,1-2H3,(H,35,36). The molecule has 0 saturated carbocycles. The summed E-state index contributed by atoms with van der Waals surface area (Å²) in [5.74, 6) is 1.36. The van der Waals surface area contributed by atoms with Crippen molar-refractivity contribution in [3.63, 3.8) is 0 Å². The first-order valence-electron chi connectivity index (χ1n) is 12.8. The SMILES string of the molecule is CC(C)(Oc1ccc(OCCc2nc(-c3ccc(-c4ccccc4)cc3)oc2-c2ccccc2)cc1)C(=O)O. The van der Waals surface area contributed by atoms with Gasteiger partial charge < -0.3 is 19.0 Å². The van der Waals surface area contributed by atoms with Crippen LogP contribution in [0.15, 0.2) is 114 Å². The van der Waals surface area contributed by atoms with Crippen LogP contribution in [0, 0.1) is 0 Å². The first-order valence-corrected chi connectivity index (χ1v) is 12.8. The zero-order valence-corrected chi connectivity index (χ0v) is 21.8. The van der Waals surface area contributed by atoms with E-state index in [1.165, 1.54) is 13.8 Å². The second-order valence-corrected chi connectivity index (χ2v) is 9.59. The van der Waals surface area contributed by atoms with Crippen LogP contribution in [0.1, 0.15) is 19.5 Å². The molecule has 5 aromatic rings. The van der Waals surface area contributed by atoms with Gasteiger partial charge in [0.15, 0.2) is 11.4 Å². The minimum atomic E-state index is -1.32. The number of benzene rings is 4. The molecule has 5 rings (SSSR count). The van der Waals surface area contributed by atoms with Crippen LogP contribution in [-0.4, -0.2) is 28.3 Å². The maximum absolute atomic E-state index is 11.3. The summed E-state index contributed by atoms with van der Waals surface area (Å²) in [6.45, 7) is 3.40. The molecule has 6 nitrogen and oxygen atoms in total. The number of nitrogens with zero attached hydrogens (tertiary/aromatic N) is 1. The molecule has 0 saturated heterocycles. The molecule has 1 N–H and O–H groups in total. The van der Waals surface area contributed by atoms with E-state index in [9.17, 15) is 9.90 Å². The van der Waals surface area contributed by atoms with Gasteiger partial charge >= 0.3 is 5.97 Å². The molecule has 196 valence electrons. The van der Waals surface area contributed by atoms with E-state index in [0.717, 1.165) is 33.7 Å². The molecule has 0 radical (unpaired) electrons. The van der Waals surface area contributed by atoms with Crippen molar-refractivity contribution >= 4 is 5.97 Å². The Morgan fingerprint density at radius 3 is 1.90 bits per heavy atom. The topological polar surface area (TPSA) is 81.8 Å². The summed E-state index contributed by atoms with van der Waals surface area (Å²) < 4.78 is 17.8. The zero-order valence-electron chi connectivity index (χ0n) is 21.8. The van der Waals surface area contributed by atoms with E-state index in [0.29, 0.717) is 30.4 Å². The van der Waals surface area contributed by atoms with Crippen molar-refractivity contribution in [2.24, 2.45) is 0 Å². The van der Waals surface area contributed by atoms with E-state index in [4.69, 9.17) is 18.9 Å². The highest BCUT2D eigenvalue weighted by Crippen LogP contribution is 2.32. The number of rotatable bonds is 10. The Labute approximate surface area is 227 Å². The number of carbonyl (C=O) groups is 1. The number of aromatic nitrogens is 1. The Morgan fingerprint density at radius 1 is 0.744 bits per heavy atom. The van der Waals surface area contributed by atoms with Crippen LogP contribution in [0.25, 0.3) is 33.9 Å². The molecule has 6 heteroatoms. The van der Waals surface area contributed by atoms with Gasteiger partial charge in [0.2, 0.25) is 5.89 Å². The van der Waals surface area contributed by atoms with Gasteiger partial charge in [-0.3, -0.25) is 0 Å². The van der Waals surface area contributed by atoms with Gasteiger partial charge in [0.1, 0.15) is 11.5 Å². The van der Waals surface area contributed by atoms with Crippen LogP contribution in [0.4, 0.5) is 0 Å². The fraction of sp³-hybridized carbons (Fsp3) is 0.152. The summed E-state index contributed by atoms with van der Waals surface area (Å²) in [6.07, 6.45) is 0.542. The molecular formula is C33H29NO5. The fourth-order valence-corrected chi connectivity index (χ4v) is 4.10. The minimum absolute atomic E-state index is 0.388. The molecule has 0 bridgehead atoms. The third-order valence-corrected chi connectivity index (χ3v) is 6.29. The van der Waals surface area contributed by atoms with Crippen LogP contribution in [0.3, 0.4) is 0 Å². The summed E-state index contributed by atoms with van der Waals surface area (Å²) in [5.41, 5.74) is 3.64. The monoisotopic (exact) mass is 519 g/mol. The van der Waals surface area contributed by atoms with Crippen LogP contribution < -0.4 is 9.47 Å². The Balaban J connectivity index is 1.31. The molecule has 39 heavy (non-hydrogen) atoms. The van der Waals surface area contributed by atoms with Gasteiger partial charge in [-0.05, 0) is 61.4 Å². The maximum atomic E-state index is 11.3. The Kier molecular flexibility index (Phi) is 7.46. The van der Waals surface area contributed by atoms with E-state index < -0.39 is 11.6 Å². The van der Waals surface area contributed by atoms with Crippen LogP contribution in [0.2, 0.25) is 0 Å². The summed E-state index contributed by atoms with van der Waals surface area (Å²) in [6, 6.07) is 35.3. The lowest BCUT2D eigenvalue weighted by atomic mass is 10.0. The molecule has 4 aromatic carbocycles. The highest BCUT2D eigenvalue weighted by atomic mass is 16.5. The van der Waals surface area contributed by atoms with Crippen molar-refractivity contribution in [2.45, 2.75) is 25.9 Å². The first-order chi connectivity index (χ1) is 18.9. The quantitative estimate of drug-likeness (QED) is 0.205. The van der Waals surface area contributed by atoms with E-state index in [1.807, 2.05) is 60.7 Å². The molecule has 1 aromatic heterocycles. The molecule has 0 aliphatic carbocycles. The summed E-state index contributed by atoms with van der Waals surface area (Å²) in [4.78, 5) is 16.1. The third kappa shape index (κ3) is 6.18. The van der Waals surface area contributed by atoms with Gasteiger partial charge in [0.05, 0.1) is 12.3 Å². The first kappa shape index (κ1) is 25.8. The molecular weight excluding hydrogens is 490 g/mol. The molecule has 0 unspecified atom stereocenters. The fourth-order valence-electron chi connectivity index (χ4n) is 4.10. The van der Waals surface area contributed by atoms with Crippen molar-refractivity contribution in [3.05, 3.63) is 115 Å². The van der Waals surface area contributed by atoms with Crippen LogP contribution >= 0.6 is 0 Å². The van der Waals surface area contributed by atoms with E-state index in [-0.39, 0.29) is 0 Å². The normalized spacial score (nSPS) is 11.2. The highest BCUT2D eigenvalue weighted by Gasteiger charge is 2.29. The second-order valence-electron chi connectivity index (χ2n) is 9.59. The van der Waals surface area contributed by atoms with Crippen molar-refractivity contribution < 1.29 is 23.8 Å². The highest BCUT2D eigenvalue weighted by molar-refractivity contribution is 5.76. The molecule has 0 aliphatic rings. The Bertz CT molecular complexity index is 1520. The minimum Gasteiger partial charge on any atom is -0.493 e. The van der Waals surface area contributed by atoms with Gasteiger partial charge in [0, 0.05) is 17.5 Å². The predicted molar refractivity (Wildman–Crippen MR) is 151 cm³/mol. The van der Waals surface area contributed by atoms with Crippen LogP contribution in [0.5, 0.6) is 11.5 Å². The molecule has 0 aliphatic heterocycles. The van der Waals surface area contributed by atoms with Crippen molar-refractivity contribution in [1.82, 2.24) is 4.98 Å². The second kappa shape index (κ2) is 11.3. The summed E-state index contributed by atoms with van der Waals surface area (Å²) in [5, 5.41) is 9.26. The average Bonchev–Trinajstić information content (AvgIpc) is 3.39. The molecule has 0 spiro atoms. The Morgan fingerprint density at radius 2 is 1.28 bits per heavy atom. The molecule has 0 amide bonds. The van der Waals surface area contributed by atoms with Gasteiger partial charge in [0.25, 0.3) is 0 Å². The molecule has 0 atom stereocenters. The van der Waals surface area contributed by atoms with E-state index in [1.54, 1.807) is 24.3 Å². The number of ether oxygens (including phenoxy) is 2. The lowest BCUT2D eigenvalue weighted by molar-refractivity contribution is -0.152.